The van der Waals surface area contributed by atoms with Gasteiger partial charge in [0, 0.05) is 19.3 Å². The van der Waals surface area contributed by atoms with Crippen LogP contribution in [0.5, 0.6) is 0 Å². The zero-order valence-electron chi connectivity index (χ0n) is 14.5. The molecule has 0 saturated carbocycles. The summed E-state index contributed by atoms with van der Waals surface area (Å²) < 4.78 is 29.4. The smallest absolute Gasteiger partial charge is 0.246 e. The van der Waals surface area contributed by atoms with Crippen molar-refractivity contribution < 1.29 is 8.42 Å². The highest BCUT2D eigenvalue weighted by Crippen LogP contribution is 2.27. The van der Waals surface area contributed by atoms with E-state index in [-0.39, 0.29) is 0 Å². The fourth-order valence-corrected chi connectivity index (χ4v) is 5.39. The van der Waals surface area contributed by atoms with Crippen molar-refractivity contribution in [3.05, 3.63) is 47.8 Å². The van der Waals surface area contributed by atoms with E-state index in [1.807, 2.05) is 30.3 Å². The lowest BCUT2D eigenvalue weighted by molar-refractivity contribution is 0.222. The number of aryl methyl sites for hydroxylation is 1. The summed E-state index contributed by atoms with van der Waals surface area (Å²) in [5.74, 6) is 0.784. The third-order valence-corrected chi connectivity index (χ3v) is 6.48. The van der Waals surface area contributed by atoms with Crippen molar-refractivity contribution in [3.8, 4) is 0 Å². The van der Waals surface area contributed by atoms with Crippen LogP contribution in [-0.4, -0.2) is 35.6 Å². The quantitative estimate of drug-likeness (QED) is 0.854. The first kappa shape index (κ1) is 17.2. The number of nitrogens with zero attached hydrogens (tertiary/aromatic N) is 3. The van der Waals surface area contributed by atoms with E-state index in [2.05, 4.69) is 18.9 Å². The zero-order valence-corrected chi connectivity index (χ0v) is 15.3. The van der Waals surface area contributed by atoms with E-state index < -0.39 is 10.0 Å². The van der Waals surface area contributed by atoms with Crippen LogP contribution in [0.1, 0.15) is 31.5 Å². The maximum atomic E-state index is 13.0. The second kappa shape index (κ2) is 6.69. The minimum absolute atomic E-state index is 0.333. The van der Waals surface area contributed by atoms with Gasteiger partial charge in [-0.05, 0) is 30.7 Å². The lowest BCUT2D eigenvalue weighted by atomic mass is 9.94. The van der Waals surface area contributed by atoms with Crippen molar-refractivity contribution in [2.45, 2.75) is 38.6 Å². The van der Waals surface area contributed by atoms with Gasteiger partial charge in [0.05, 0.1) is 12.2 Å². The number of benzene rings is 1. The molecular formula is C18H25N3O2S. The third-order valence-electron chi connectivity index (χ3n) is 4.54. The first-order chi connectivity index (χ1) is 11.4. The molecule has 3 rings (SSSR count). The molecule has 2 aromatic rings. The molecule has 6 heteroatoms. The molecule has 1 aromatic heterocycles. The van der Waals surface area contributed by atoms with Crippen LogP contribution in [0, 0.1) is 18.8 Å². The van der Waals surface area contributed by atoms with E-state index in [0.717, 1.165) is 12.0 Å². The molecule has 1 aliphatic rings. The Labute approximate surface area is 144 Å². The number of hydrogen-bond donors (Lipinski definition) is 0. The van der Waals surface area contributed by atoms with E-state index in [1.54, 1.807) is 22.1 Å². The minimum atomic E-state index is -3.48. The molecule has 0 amide bonds. The Hall–Kier alpha value is -1.66. The molecule has 1 aromatic carbocycles. The van der Waals surface area contributed by atoms with Crippen molar-refractivity contribution in [1.29, 1.82) is 0 Å². The fraction of sp³-hybridized carbons (Fsp3) is 0.500. The van der Waals surface area contributed by atoms with E-state index in [4.69, 9.17) is 0 Å². The van der Waals surface area contributed by atoms with E-state index >= 15 is 0 Å². The molecule has 1 fully saturated rings. The lowest BCUT2D eigenvalue weighted by Gasteiger charge is -2.33. The largest absolute Gasteiger partial charge is 0.267 e. The maximum Gasteiger partial charge on any atom is 0.246 e. The number of piperidine rings is 1. The van der Waals surface area contributed by atoms with Crippen LogP contribution in [0.2, 0.25) is 0 Å². The van der Waals surface area contributed by atoms with Crippen molar-refractivity contribution >= 4 is 10.0 Å². The Kier molecular flexibility index (Phi) is 4.78. The van der Waals surface area contributed by atoms with Gasteiger partial charge >= 0.3 is 0 Å². The van der Waals surface area contributed by atoms with Gasteiger partial charge in [0.25, 0.3) is 0 Å². The summed E-state index contributed by atoms with van der Waals surface area (Å²) in [6, 6.07) is 9.94. The lowest BCUT2D eigenvalue weighted by Crippen LogP contribution is -2.42. The van der Waals surface area contributed by atoms with Gasteiger partial charge in [-0.1, -0.05) is 44.2 Å². The molecule has 2 atom stereocenters. The van der Waals surface area contributed by atoms with Crippen LogP contribution in [0.15, 0.2) is 41.4 Å². The Balaban J connectivity index is 1.86. The number of aromatic nitrogens is 2. The summed E-state index contributed by atoms with van der Waals surface area (Å²) >= 11 is 0. The molecule has 1 saturated heterocycles. The fourth-order valence-electron chi connectivity index (χ4n) is 3.55. The van der Waals surface area contributed by atoms with E-state index in [1.165, 1.54) is 0 Å². The normalized spacial score (nSPS) is 22.6. The summed E-state index contributed by atoms with van der Waals surface area (Å²) in [4.78, 5) is 0.333. The van der Waals surface area contributed by atoms with Gasteiger partial charge in [0.1, 0.15) is 4.90 Å². The average Bonchev–Trinajstić information content (AvgIpc) is 2.88. The predicted octanol–water partition coefficient (Wildman–Crippen LogP) is 2.91. The minimum Gasteiger partial charge on any atom is -0.267 e. The molecule has 0 bridgehead atoms. The van der Waals surface area contributed by atoms with Gasteiger partial charge < -0.3 is 0 Å². The monoisotopic (exact) mass is 347 g/mol. The molecule has 24 heavy (non-hydrogen) atoms. The zero-order chi connectivity index (χ0) is 17.3. The first-order valence-corrected chi connectivity index (χ1v) is 9.88. The van der Waals surface area contributed by atoms with Crippen LogP contribution in [0.3, 0.4) is 0 Å². The van der Waals surface area contributed by atoms with Gasteiger partial charge in [0.2, 0.25) is 10.0 Å². The predicted molar refractivity (Wildman–Crippen MR) is 94.2 cm³/mol. The average molecular weight is 347 g/mol. The van der Waals surface area contributed by atoms with Crippen LogP contribution in [-0.2, 0) is 16.6 Å². The first-order valence-electron chi connectivity index (χ1n) is 8.44. The SMILES string of the molecule is Cc1nn(Cc2ccccc2)cc1S(=O)(=O)N1CC(C)CC(C)C1. The molecule has 5 nitrogen and oxygen atoms in total. The van der Waals surface area contributed by atoms with E-state index in [0.29, 0.717) is 42.1 Å². The van der Waals surface area contributed by atoms with Crippen molar-refractivity contribution in [1.82, 2.24) is 14.1 Å². The molecule has 0 radical (unpaired) electrons. The van der Waals surface area contributed by atoms with E-state index in [9.17, 15) is 8.42 Å². The third kappa shape index (κ3) is 3.54. The van der Waals surface area contributed by atoms with Crippen LogP contribution >= 0.6 is 0 Å². The summed E-state index contributed by atoms with van der Waals surface area (Å²) in [5.41, 5.74) is 1.67. The summed E-state index contributed by atoms with van der Waals surface area (Å²) in [7, 11) is -3.48. The number of hydrogen-bond acceptors (Lipinski definition) is 3. The van der Waals surface area contributed by atoms with Gasteiger partial charge in [0.15, 0.2) is 0 Å². The highest BCUT2D eigenvalue weighted by atomic mass is 32.2. The van der Waals surface area contributed by atoms with Crippen LogP contribution in [0.4, 0.5) is 0 Å². The topological polar surface area (TPSA) is 55.2 Å². The summed E-state index contributed by atoms with van der Waals surface area (Å²) in [6.07, 6.45) is 2.75. The van der Waals surface area contributed by atoms with Gasteiger partial charge in [-0.3, -0.25) is 4.68 Å². The Morgan fingerprint density at radius 3 is 2.38 bits per heavy atom. The highest BCUT2D eigenvalue weighted by molar-refractivity contribution is 7.89. The second-order valence-electron chi connectivity index (χ2n) is 7.03. The molecule has 130 valence electrons. The second-order valence-corrected chi connectivity index (χ2v) is 8.94. The molecule has 1 aliphatic heterocycles. The van der Waals surface area contributed by atoms with Gasteiger partial charge in [-0.25, -0.2) is 8.42 Å². The molecular weight excluding hydrogens is 322 g/mol. The van der Waals surface area contributed by atoms with Gasteiger partial charge in [-0.2, -0.15) is 9.40 Å². The number of rotatable bonds is 4. The van der Waals surface area contributed by atoms with Crippen molar-refractivity contribution in [2.75, 3.05) is 13.1 Å². The molecule has 2 heterocycles. The molecule has 0 N–H and O–H groups in total. The Morgan fingerprint density at radius 1 is 1.12 bits per heavy atom. The highest BCUT2D eigenvalue weighted by Gasteiger charge is 2.33. The van der Waals surface area contributed by atoms with Crippen molar-refractivity contribution in [2.24, 2.45) is 11.8 Å². The Morgan fingerprint density at radius 2 is 1.75 bits per heavy atom. The van der Waals surface area contributed by atoms with Crippen LogP contribution < -0.4 is 0 Å². The van der Waals surface area contributed by atoms with Crippen molar-refractivity contribution in [3.63, 3.8) is 0 Å². The maximum absolute atomic E-state index is 13.0. The Bertz CT molecular complexity index is 789. The summed E-state index contributed by atoms with van der Waals surface area (Å²) in [6.45, 7) is 7.76. The van der Waals surface area contributed by atoms with Crippen LogP contribution in [0.25, 0.3) is 0 Å². The molecule has 0 aliphatic carbocycles. The molecule has 2 unspecified atom stereocenters. The summed E-state index contributed by atoms with van der Waals surface area (Å²) in [5, 5.41) is 4.42. The molecule has 0 spiro atoms. The standard InChI is InChI=1S/C18H25N3O2S/c1-14-9-15(2)11-21(10-14)24(22,23)18-13-20(19-16(18)3)12-17-7-5-4-6-8-17/h4-8,13-15H,9-12H2,1-3H3. The van der Waals surface area contributed by atoms with Gasteiger partial charge in [-0.15, -0.1) is 0 Å². The number of sulfonamides is 1.